The van der Waals surface area contributed by atoms with E-state index in [2.05, 4.69) is 4.98 Å². The van der Waals surface area contributed by atoms with E-state index in [0.29, 0.717) is 5.69 Å². The highest BCUT2D eigenvalue weighted by Crippen LogP contribution is 2.23. The van der Waals surface area contributed by atoms with Crippen LogP contribution < -0.4 is 0 Å². The van der Waals surface area contributed by atoms with E-state index in [1.165, 1.54) is 0 Å². The molecule has 0 saturated carbocycles. The van der Waals surface area contributed by atoms with E-state index in [1.54, 1.807) is 13.1 Å². The number of aromatic nitrogens is 1. The molecular weight excluding hydrogens is 190 g/mol. The Morgan fingerprint density at radius 2 is 2.07 bits per heavy atom. The topological polar surface area (TPSA) is 50.2 Å². The van der Waals surface area contributed by atoms with Crippen LogP contribution in [0, 0.1) is 0 Å². The summed E-state index contributed by atoms with van der Waals surface area (Å²) in [5, 5.41) is 10.9. The van der Waals surface area contributed by atoms with Crippen molar-refractivity contribution in [3.63, 3.8) is 0 Å². The molecule has 3 heteroatoms. The number of rotatable bonds is 2. The number of pyridine rings is 1. The molecule has 2 aromatic rings. The van der Waals surface area contributed by atoms with Crippen LogP contribution in [-0.4, -0.2) is 16.1 Å². The molecule has 2 rings (SSSR count). The van der Waals surface area contributed by atoms with Gasteiger partial charge < -0.3 is 5.11 Å². The van der Waals surface area contributed by atoms with Crippen molar-refractivity contribution in [3.05, 3.63) is 42.2 Å². The predicted molar refractivity (Wildman–Crippen MR) is 57.8 cm³/mol. The maximum atomic E-state index is 10.9. The van der Waals surface area contributed by atoms with Gasteiger partial charge in [0.25, 0.3) is 0 Å². The van der Waals surface area contributed by atoms with Crippen LogP contribution in [0.2, 0.25) is 0 Å². The fourth-order valence-electron chi connectivity index (χ4n) is 1.61. The Morgan fingerprint density at radius 1 is 1.33 bits per heavy atom. The fraction of sp³-hybridized carbons (Fsp3) is 0.167. The number of fused-ring (bicyclic) bond motifs is 1. The van der Waals surface area contributed by atoms with Crippen LogP contribution in [0.15, 0.2) is 36.5 Å². The summed E-state index contributed by atoms with van der Waals surface area (Å²) in [6, 6.07) is 9.55. The van der Waals surface area contributed by atoms with Crippen molar-refractivity contribution in [2.24, 2.45) is 0 Å². The zero-order valence-corrected chi connectivity index (χ0v) is 8.34. The lowest BCUT2D eigenvalue weighted by Gasteiger charge is -2.08. The smallest absolute Gasteiger partial charge is 0.312 e. The summed E-state index contributed by atoms with van der Waals surface area (Å²) >= 11 is 0. The zero-order valence-electron chi connectivity index (χ0n) is 8.34. The average molecular weight is 201 g/mol. The molecule has 15 heavy (non-hydrogen) atoms. The van der Waals surface area contributed by atoms with E-state index in [0.717, 1.165) is 10.8 Å². The molecule has 1 heterocycles. The lowest BCUT2D eigenvalue weighted by atomic mass is 10.0. The van der Waals surface area contributed by atoms with Crippen LogP contribution in [0.3, 0.4) is 0 Å². The maximum Gasteiger partial charge on any atom is 0.312 e. The molecule has 0 aliphatic carbocycles. The highest BCUT2D eigenvalue weighted by atomic mass is 16.4. The Hall–Kier alpha value is -1.90. The van der Waals surface area contributed by atoms with Crippen LogP contribution in [0.5, 0.6) is 0 Å². The number of aliphatic carboxylic acids is 1. The first-order valence-corrected chi connectivity index (χ1v) is 4.76. The number of carboxylic acids is 1. The Labute approximate surface area is 87.4 Å². The summed E-state index contributed by atoms with van der Waals surface area (Å²) < 4.78 is 0. The largest absolute Gasteiger partial charge is 0.481 e. The van der Waals surface area contributed by atoms with E-state index in [-0.39, 0.29) is 0 Å². The Balaban J connectivity index is 2.65. The van der Waals surface area contributed by atoms with Gasteiger partial charge >= 0.3 is 5.97 Å². The molecule has 1 aromatic carbocycles. The molecule has 0 unspecified atom stereocenters. The van der Waals surface area contributed by atoms with Crippen LogP contribution >= 0.6 is 0 Å². The SMILES string of the molecule is C[C@H](C(=O)O)c1nccc2ccccc12. The van der Waals surface area contributed by atoms with Gasteiger partial charge in [0.15, 0.2) is 0 Å². The minimum absolute atomic E-state index is 0.573. The lowest BCUT2D eigenvalue weighted by molar-refractivity contribution is -0.138. The lowest BCUT2D eigenvalue weighted by Crippen LogP contribution is -2.09. The van der Waals surface area contributed by atoms with Crippen LogP contribution in [0.1, 0.15) is 18.5 Å². The molecule has 0 fully saturated rings. The molecule has 0 radical (unpaired) electrons. The van der Waals surface area contributed by atoms with Gasteiger partial charge in [-0.3, -0.25) is 9.78 Å². The zero-order chi connectivity index (χ0) is 10.8. The van der Waals surface area contributed by atoms with Gasteiger partial charge in [0.05, 0.1) is 11.6 Å². The van der Waals surface area contributed by atoms with Crippen molar-refractivity contribution in [2.75, 3.05) is 0 Å². The van der Waals surface area contributed by atoms with Gasteiger partial charge in [-0.05, 0) is 18.4 Å². The molecule has 1 atom stereocenters. The van der Waals surface area contributed by atoms with Gasteiger partial charge in [-0.15, -0.1) is 0 Å². The van der Waals surface area contributed by atoms with Crippen molar-refractivity contribution in [2.45, 2.75) is 12.8 Å². The highest BCUT2D eigenvalue weighted by molar-refractivity contribution is 5.89. The standard InChI is InChI=1S/C12H11NO2/c1-8(12(14)15)11-10-5-3-2-4-9(10)6-7-13-11/h2-8H,1H3,(H,14,15)/t8-/m0/s1. The first-order chi connectivity index (χ1) is 7.20. The fourth-order valence-corrected chi connectivity index (χ4v) is 1.61. The maximum absolute atomic E-state index is 10.9. The second kappa shape index (κ2) is 3.69. The third-order valence-corrected chi connectivity index (χ3v) is 2.49. The Bertz CT molecular complexity index is 502. The number of carbonyl (C=O) groups is 1. The van der Waals surface area contributed by atoms with Crippen LogP contribution in [0.25, 0.3) is 10.8 Å². The molecular formula is C12H11NO2. The number of hydrogen-bond acceptors (Lipinski definition) is 2. The molecule has 0 spiro atoms. The molecule has 0 saturated heterocycles. The molecule has 1 aromatic heterocycles. The second-order valence-corrected chi connectivity index (χ2v) is 3.48. The summed E-state index contributed by atoms with van der Waals surface area (Å²) in [6.45, 7) is 1.65. The molecule has 3 nitrogen and oxygen atoms in total. The molecule has 0 aliphatic rings. The monoisotopic (exact) mass is 201 g/mol. The molecule has 0 bridgehead atoms. The van der Waals surface area contributed by atoms with Crippen molar-refractivity contribution in [1.29, 1.82) is 0 Å². The number of nitrogens with zero attached hydrogens (tertiary/aromatic N) is 1. The van der Waals surface area contributed by atoms with Crippen molar-refractivity contribution in [1.82, 2.24) is 4.98 Å². The first-order valence-electron chi connectivity index (χ1n) is 4.76. The number of benzene rings is 1. The summed E-state index contributed by atoms with van der Waals surface area (Å²) in [6.07, 6.45) is 1.65. The number of carboxylic acid groups (broad SMARTS) is 1. The highest BCUT2D eigenvalue weighted by Gasteiger charge is 2.17. The molecule has 76 valence electrons. The second-order valence-electron chi connectivity index (χ2n) is 3.48. The van der Waals surface area contributed by atoms with Gasteiger partial charge in [0, 0.05) is 11.6 Å². The van der Waals surface area contributed by atoms with Gasteiger partial charge in [-0.2, -0.15) is 0 Å². The van der Waals surface area contributed by atoms with E-state index >= 15 is 0 Å². The van der Waals surface area contributed by atoms with Gasteiger partial charge in [-0.25, -0.2) is 0 Å². The van der Waals surface area contributed by atoms with Crippen molar-refractivity contribution >= 4 is 16.7 Å². The summed E-state index contributed by atoms with van der Waals surface area (Å²) in [5.74, 6) is -1.42. The quantitative estimate of drug-likeness (QED) is 0.811. The van der Waals surface area contributed by atoms with E-state index < -0.39 is 11.9 Å². The van der Waals surface area contributed by atoms with E-state index in [1.807, 2.05) is 30.3 Å². The van der Waals surface area contributed by atoms with Gasteiger partial charge in [-0.1, -0.05) is 24.3 Å². The average Bonchev–Trinajstić information content (AvgIpc) is 2.27. The molecule has 0 amide bonds. The normalized spacial score (nSPS) is 12.6. The van der Waals surface area contributed by atoms with Gasteiger partial charge in [0.2, 0.25) is 0 Å². The minimum Gasteiger partial charge on any atom is -0.481 e. The Morgan fingerprint density at radius 3 is 2.80 bits per heavy atom. The van der Waals surface area contributed by atoms with E-state index in [4.69, 9.17) is 5.11 Å². The van der Waals surface area contributed by atoms with Crippen LogP contribution in [-0.2, 0) is 4.79 Å². The van der Waals surface area contributed by atoms with Gasteiger partial charge in [0.1, 0.15) is 0 Å². The minimum atomic E-state index is -0.848. The Kier molecular flexibility index (Phi) is 2.37. The van der Waals surface area contributed by atoms with Crippen molar-refractivity contribution in [3.8, 4) is 0 Å². The first kappa shape index (κ1) is 9.65. The summed E-state index contributed by atoms with van der Waals surface area (Å²) in [4.78, 5) is 15.1. The third-order valence-electron chi connectivity index (χ3n) is 2.49. The van der Waals surface area contributed by atoms with Crippen molar-refractivity contribution < 1.29 is 9.90 Å². The predicted octanol–water partition coefficient (Wildman–Crippen LogP) is 2.42. The molecule has 1 N–H and O–H groups in total. The third kappa shape index (κ3) is 1.68. The summed E-state index contributed by atoms with van der Waals surface area (Å²) in [5.41, 5.74) is 0.626. The summed E-state index contributed by atoms with van der Waals surface area (Å²) in [7, 11) is 0. The molecule has 0 aliphatic heterocycles. The number of hydrogen-bond donors (Lipinski definition) is 1. The van der Waals surface area contributed by atoms with E-state index in [9.17, 15) is 4.79 Å². The van der Waals surface area contributed by atoms with Crippen LogP contribution in [0.4, 0.5) is 0 Å².